The van der Waals surface area contributed by atoms with Crippen LogP contribution >= 0.6 is 12.2 Å². The van der Waals surface area contributed by atoms with Crippen LogP contribution in [0.4, 0.5) is 0 Å². The van der Waals surface area contributed by atoms with E-state index in [2.05, 4.69) is 15.8 Å². The molecule has 0 aromatic heterocycles. The number of nitrogens with one attached hydrogen (secondary N) is 2. The first-order valence-corrected chi connectivity index (χ1v) is 8.44. The van der Waals surface area contributed by atoms with E-state index in [9.17, 15) is 4.79 Å². The number of esters is 1. The second kappa shape index (κ2) is 7.08. The van der Waals surface area contributed by atoms with Gasteiger partial charge in [-0.25, -0.2) is 4.79 Å². The molecular formula is C17H21N3O2S. The van der Waals surface area contributed by atoms with Crippen molar-refractivity contribution in [1.82, 2.24) is 10.7 Å². The average Bonchev–Trinajstić information content (AvgIpc) is 3.05. The molecule has 1 heterocycles. The van der Waals surface area contributed by atoms with Gasteiger partial charge in [0, 0.05) is 12.5 Å². The molecule has 2 aliphatic rings. The summed E-state index contributed by atoms with van der Waals surface area (Å²) < 4.78 is 5.47. The maximum absolute atomic E-state index is 12.0. The molecule has 1 aromatic carbocycles. The van der Waals surface area contributed by atoms with Crippen molar-refractivity contribution in [3.8, 4) is 0 Å². The van der Waals surface area contributed by atoms with E-state index in [4.69, 9.17) is 17.0 Å². The van der Waals surface area contributed by atoms with Crippen LogP contribution in [0.15, 0.2) is 29.4 Å². The van der Waals surface area contributed by atoms with Crippen LogP contribution in [0, 0.1) is 0 Å². The zero-order valence-corrected chi connectivity index (χ0v) is 14.0. The van der Waals surface area contributed by atoms with E-state index in [0.29, 0.717) is 28.9 Å². The van der Waals surface area contributed by atoms with E-state index in [1.807, 2.05) is 25.1 Å². The Balaban J connectivity index is 1.58. The summed E-state index contributed by atoms with van der Waals surface area (Å²) in [5.41, 5.74) is 5.21. The number of ether oxygens (including phenoxy) is 1. The first kappa shape index (κ1) is 15.9. The lowest BCUT2D eigenvalue weighted by Gasteiger charge is -2.24. The molecule has 6 heteroatoms. The number of hydrazone groups is 1. The molecule has 0 amide bonds. The lowest BCUT2D eigenvalue weighted by atomic mass is 9.97. The summed E-state index contributed by atoms with van der Waals surface area (Å²) in [7, 11) is 0. The fourth-order valence-corrected chi connectivity index (χ4v) is 3.28. The lowest BCUT2D eigenvalue weighted by molar-refractivity contribution is 0.0389. The summed E-state index contributed by atoms with van der Waals surface area (Å²) in [4.78, 5) is 12.0. The highest BCUT2D eigenvalue weighted by Crippen LogP contribution is 2.21. The number of thiocarbonyl (C=S) groups is 1. The van der Waals surface area contributed by atoms with E-state index < -0.39 is 0 Å². The third kappa shape index (κ3) is 3.88. The normalized spacial score (nSPS) is 21.5. The van der Waals surface area contributed by atoms with Gasteiger partial charge in [0.05, 0.1) is 11.3 Å². The molecule has 0 radical (unpaired) electrons. The van der Waals surface area contributed by atoms with Gasteiger partial charge in [-0.05, 0) is 43.6 Å². The van der Waals surface area contributed by atoms with Gasteiger partial charge in [0.15, 0.2) is 5.11 Å². The first-order valence-electron chi connectivity index (χ1n) is 8.03. The first-order chi connectivity index (χ1) is 11.1. The molecule has 1 saturated carbocycles. The van der Waals surface area contributed by atoms with Gasteiger partial charge in [-0.1, -0.05) is 31.0 Å². The second-order valence-corrected chi connectivity index (χ2v) is 6.48. The monoisotopic (exact) mass is 331 g/mol. The number of carbonyl (C=O) groups is 1. The Hall–Kier alpha value is -1.95. The Morgan fingerprint density at radius 3 is 2.83 bits per heavy atom. The van der Waals surface area contributed by atoms with E-state index in [1.54, 1.807) is 6.07 Å². The van der Waals surface area contributed by atoms with Crippen molar-refractivity contribution in [1.29, 1.82) is 0 Å². The fraction of sp³-hybridized carbons (Fsp3) is 0.471. The molecule has 0 saturated heterocycles. The van der Waals surface area contributed by atoms with Crippen LogP contribution in [0.2, 0.25) is 0 Å². The van der Waals surface area contributed by atoms with Crippen LogP contribution in [0.25, 0.3) is 0 Å². The largest absolute Gasteiger partial charge is 0.452 e. The van der Waals surface area contributed by atoms with Gasteiger partial charge in [0.1, 0.15) is 6.10 Å². The molecule has 1 unspecified atom stereocenters. The quantitative estimate of drug-likeness (QED) is 0.386. The van der Waals surface area contributed by atoms with Gasteiger partial charge >= 0.3 is 5.97 Å². The number of fused-ring (bicyclic) bond motifs is 1. The van der Waals surface area contributed by atoms with E-state index in [0.717, 1.165) is 18.4 Å². The van der Waals surface area contributed by atoms with Crippen LogP contribution in [0.5, 0.6) is 0 Å². The van der Waals surface area contributed by atoms with Gasteiger partial charge in [0.25, 0.3) is 0 Å². The molecule has 3 rings (SSSR count). The summed E-state index contributed by atoms with van der Waals surface area (Å²) in [6, 6.07) is 7.97. The zero-order valence-electron chi connectivity index (χ0n) is 13.2. The van der Waals surface area contributed by atoms with Gasteiger partial charge < -0.3 is 10.1 Å². The molecule has 1 atom stereocenters. The smallest absolute Gasteiger partial charge is 0.339 e. The summed E-state index contributed by atoms with van der Waals surface area (Å²) in [6.45, 7) is 1.84. The minimum atomic E-state index is -0.348. The van der Waals surface area contributed by atoms with Crippen molar-refractivity contribution in [2.24, 2.45) is 5.10 Å². The number of hydrogen-bond donors (Lipinski definition) is 2. The molecule has 122 valence electrons. The second-order valence-electron chi connectivity index (χ2n) is 6.08. The number of rotatable bonds is 3. The average molecular weight is 331 g/mol. The van der Waals surface area contributed by atoms with Crippen molar-refractivity contribution in [2.45, 2.75) is 51.2 Å². The maximum Gasteiger partial charge on any atom is 0.339 e. The summed E-state index contributed by atoms with van der Waals surface area (Å²) >= 11 is 5.26. The van der Waals surface area contributed by atoms with Crippen LogP contribution in [-0.2, 0) is 11.2 Å². The number of benzene rings is 1. The predicted octanol–water partition coefficient (Wildman–Crippen LogP) is 2.55. The van der Waals surface area contributed by atoms with E-state index in [-0.39, 0.29) is 12.1 Å². The molecule has 1 aliphatic heterocycles. The Bertz CT molecular complexity index is 638. The number of nitrogens with zero attached hydrogens (tertiary/aromatic N) is 1. The summed E-state index contributed by atoms with van der Waals surface area (Å²) in [5, 5.41) is 8.08. The molecule has 23 heavy (non-hydrogen) atoms. The predicted molar refractivity (Wildman–Crippen MR) is 93.6 cm³/mol. The van der Waals surface area contributed by atoms with Crippen LogP contribution < -0.4 is 10.7 Å². The van der Waals surface area contributed by atoms with Crippen molar-refractivity contribution in [2.75, 3.05) is 0 Å². The number of cyclic esters (lactones) is 1. The van der Waals surface area contributed by atoms with Gasteiger partial charge in [-0.15, -0.1) is 0 Å². The maximum atomic E-state index is 12.0. The Kier molecular flexibility index (Phi) is 4.91. The lowest BCUT2D eigenvalue weighted by Crippen LogP contribution is -2.40. The van der Waals surface area contributed by atoms with E-state index >= 15 is 0 Å². The molecule has 5 nitrogen and oxygen atoms in total. The Morgan fingerprint density at radius 1 is 1.30 bits per heavy atom. The van der Waals surface area contributed by atoms with Crippen molar-refractivity contribution < 1.29 is 9.53 Å². The molecule has 2 N–H and O–H groups in total. The van der Waals surface area contributed by atoms with Crippen LogP contribution in [-0.4, -0.2) is 28.9 Å². The highest BCUT2D eigenvalue weighted by Gasteiger charge is 2.27. The minimum absolute atomic E-state index is 0.293. The summed E-state index contributed by atoms with van der Waals surface area (Å²) in [6.07, 6.45) is 5.10. The summed E-state index contributed by atoms with van der Waals surface area (Å²) in [5.74, 6) is -0.293. The zero-order chi connectivity index (χ0) is 16.2. The van der Waals surface area contributed by atoms with Crippen LogP contribution in [0.1, 0.15) is 48.5 Å². The van der Waals surface area contributed by atoms with E-state index in [1.165, 1.54) is 12.8 Å². The molecule has 1 fully saturated rings. The number of carbonyl (C=O) groups excluding carboxylic acids is 1. The van der Waals surface area contributed by atoms with Crippen molar-refractivity contribution in [3.63, 3.8) is 0 Å². The standard InChI is InChI=1S/C17H21N3O2S/c1-11(19-20-17(23)18-13-7-3-4-8-13)15-10-12-6-2-5-9-14(12)16(21)22-15/h2,5-6,9,13,15H,3-4,7-8,10H2,1H3,(H2,18,20,23)/b19-11+. The SMILES string of the molecule is C/C(=N\NC(=S)NC1CCCC1)C1Cc2ccccc2C(=O)O1. The molecule has 1 aromatic rings. The minimum Gasteiger partial charge on any atom is -0.452 e. The van der Waals surface area contributed by atoms with Crippen molar-refractivity contribution in [3.05, 3.63) is 35.4 Å². The molecular weight excluding hydrogens is 310 g/mol. The molecule has 1 aliphatic carbocycles. The van der Waals surface area contributed by atoms with Crippen molar-refractivity contribution >= 4 is 29.0 Å². The number of hydrogen-bond acceptors (Lipinski definition) is 4. The highest BCUT2D eigenvalue weighted by atomic mass is 32.1. The Labute approximate surface area is 141 Å². The highest BCUT2D eigenvalue weighted by molar-refractivity contribution is 7.80. The third-order valence-electron chi connectivity index (χ3n) is 4.38. The van der Waals surface area contributed by atoms with Crippen LogP contribution in [0.3, 0.4) is 0 Å². The third-order valence-corrected chi connectivity index (χ3v) is 4.59. The molecule has 0 bridgehead atoms. The Morgan fingerprint density at radius 2 is 2.04 bits per heavy atom. The van der Waals surface area contributed by atoms with Gasteiger partial charge in [0.2, 0.25) is 0 Å². The van der Waals surface area contributed by atoms with Gasteiger partial charge in [-0.3, -0.25) is 5.43 Å². The topological polar surface area (TPSA) is 62.7 Å². The van der Waals surface area contributed by atoms with Gasteiger partial charge in [-0.2, -0.15) is 5.10 Å². The molecule has 0 spiro atoms. The fourth-order valence-electron chi connectivity index (χ4n) is 3.06.